The van der Waals surface area contributed by atoms with E-state index in [2.05, 4.69) is 10.6 Å². The van der Waals surface area contributed by atoms with Crippen LogP contribution in [0.1, 0.15) is 22.5 Å². The Morgan fingerprint density at radius 2 is 2.05 bits per heavy atom. The summed E-state index contributed by atoms with van der Waals surface area (Å²) in [5.74, 6) is -1.84. The van der Waals surface area contributed by atoms with Gasteiger partial charge < -0.3 is 20.8 Å². The molecule has 0 radical (unpaired) electrons. The van der Waals surface area contributed by atoms with E-state index in [-0.39, 0.29) is 18.4 Å². The summed E-state index contributed by atoms with van der Waals surface area (Å²) in [6.07, 6.45) is 0.169. The average Bonchev–Trinajstić information content (AvgIpc) is 3.16. The Kier molecular flexibility index (Phi) is 4.35. The second kappa shape index (κ2) is 6.02. The molecule has 1 aromatic rings. The average molecular weight is 298 g/mol. The maximum atomic E-state index is 11.7. The number of aliphatic hydroxyl groups excluding tert-OH is 1. The van der Waals surface area contributed by atoms with Gasteiger partial charge in [0, 0.05) is 5.92 Å². The molecule has 0 aliphatic heterocycles. The first-order chi connectivity index (χ1) is 9.47. The van der Waals surface area contributed by atoms with Gasteiger partial charge in [0.05, 0.1) is 16.4 Å². The number of aliphatic carboxylic acids is 1. The number of carboxylic acid groups (broad SMARTS) is 1. The minimum Gasteiger partial charge on any atom is -0.479 e. The van der Waals surface area contributed by atoms with Crippen molar-refractivity contribution in [2.24, 2.45) is 5.92 Å². The molecule has 1 aliphatic rings. The van der Waals surface area contributed by atoms with Crippen LogP contribution in [0.3, 0.4) is 0 Å². The summed E-state index contributed by atoms with van der Waals surface area (Å²) in [4.78, 5) is 34.0. The van der Waals surface area contributed by atoms with Gasteiger partial charge in [-0.2, -0.15) is 0 Å². The van der Waals surface area contributed by atoms with Crippen LogP contribution in [-0.4, -0.2) is 40.6 Å². The molecule has 2 rings (SSSR count). The second-order valence-electron chi connectivity index (χ2n) is 4.49. The summed E-state index contributed by atoms with van der Waals surface area (Å²) < 4.78 is 0. The molecule has 0 spiro atoms. The summed E-state index contributed by atoms with van der Waals surface area (Å²) in [5.41, 5.74) is 0. The van der Waals surface area contributed by atoms with Crippen LogP contribution in [0.15, 0.2) is 12.1 Å². The molecule has 1 aromatic heterocycles. The van der Waals surface area contributed by atoms with Crippen molar-refractivity contribution < 1.29 is 24.6 Å². The van der Waals surface area contributed by atoms with Gasteiger partial charge in [-0.1, -0.05) is 0 Å². The highest BCUT2D eigenvalue weighted by Crippen LogP contribution is 2.31. The van der Waals surface area contributed by atoms with Gasteiger partial charge in [-0.3, -0.25) is 9.59 Å². The van der Waals surface area contributed by atoms with Crippen LogP contribution in [0.2, 0.25) is 0 Å². The van der Waals surface area contributed by atoms with E-state index in [0.717, 1.165) is 24.2 Å². The van der Waals surface area contributed by atoms with Crippen molar-refractivity contribution in [1.82, 2.24) is 5.32 Å². The SMILES string of the molecule is O=C(NC[C@H](O)C(=O)O)c1ccc(NC(=O)C2CC2)s1. The molecular formula is C12H14N2O5S. The van der Waals surface area contributed by atoms with Crippen molar-refractivity contribution >= 4 is 34.1 Å². The molecule has 0 unspecified atom stereocenters. The zero-order valence-corrected chi connectivity index (χ0v) is 11.3. The highest BCUT2D eigenvalue weighted by atomic mass is 32.1. The van der Waals surface area contributed by atoms with Crippen molar-refractivity contribution in [2.75, 3.05) is 11.9 Å². The van der Waals surface area contributed by atoms with Crippen molar-refractivity contribution in [3.05, 3.63) is 17.0 Å². The molecule has 0 saturated heterocycles. The fraction of sp³-hybridized carbons (Fsp3) is 0.417. The van der Waals surface area contributed by atoms with E-state index < -0.39 is 18.0 Å². The Balaban J connectivity index is 1.85. The summed E-state index contributed by atoms with van der Waals surface area (Å²) in [5, 5.41) is 23.1. The lowest BCUT2D eigenvalue weighted by atomic mass is 10.3. The zero-order chi connectivity index (χ0) is 14.7. The fourth-order valence-corrected chi connectivity index (χ4v) is 2.29. The number of carboxylic acids is 1. The molecule has 8 heteroatoms. The molecule has 0 aromatic carbocycles. The third-order valence-corrected chi connectivity index (χ3v) is 3.76. The van der Waals surface area contributed by atoms with Crippen LogP contribution in [0, 0.1) is 5.92 Å². The van der Waals surface area contributed by atoms with Crippen LogP contribution in [0.25, 0.3) is 0 Å². The quantitative estimate of drug-likeness (QED) is 0.601. The normalized spacial score (nSPS) is 15.4. The molecule has 1 heterocycles. The molecule has 1 atom stereocenters. The molecule has 1 fully saturated rings. The number of rotatable bonds is 6. The van der Waals surface area contributed by atoms with E-state index in [1.165, 1.54) is 6.07 Å². The molecule has 2 amide bonds. The topological polar surface area (TPSA) is 116 Å². The van der Waals surface area contributed by atoms with E-state index in [1.807, 2.05) is 0 Å². The number of thiophene rings is 1. The van der Waals surface area contributed by atoms with Crippen LogP contribution in [0.4, 0.5) is 5.00 Å². The minimum atomic E-state index is -1.63. The summed E-state index contributed by atoms with van der Waals surface area (Å²) in [6, 6.07) is 3.16. The molecule has 7 nitrogen and oxygen atoms in total. The zero-order valence-electron chi connectivity index (χ0n) is 10.5. The summed E-state index contributed by atoms with van der Waals surface area (Å²) in [6.45, 7) is -0.365. The first-order valence-corrected chi connectivity index (χ1v) is 6.89. The van der Waals surface area contributed by atoms with E-state index >= 15 is 0 Å². The molecule has 20 heavy (non-hydrogen) atoms. The Morgan fingerprint density at radius 1 is 1.35 bits per heavy atom. The van der Waals surface area contributed by atoms with Gasteiger partial charge in [-0.15, -0.1) is 11.3 Å². The number of aliphatic hydroxyl groups is 1. The van der Waals surface area contributed by atoms with Gasteiger partial charge >= 0.3 is 5.97 Å². The maximum Gasteiger partial charge on any atom is 0.334 e. The van der Waals surface area contributed by atoms with Gasteiger partial charge in [0.1, 0.15) is 0 Å². The second-order valence-corrected chi connectivity index (χ2v) is 5.58. The Hall–Kier alpha value is -1.93. The number of carbonyl (C=O) groups is 3. The van der Waals surface area contributed by atoms with Gasteiger partial charge in [-0.05, 0) is 25.0 Å². The third kappa shape index (κ3) is 3.78. The third-order valence-electron chi connectivity index (χ3n) is 2.77. The van der Waals surface area contributed by atoms with Crippen LogP contribution in [0.5, 0.6) is 0 Å². The van der Waals surface area contributed by atoms with Gasteiger partial charge in [0.2, 0.25) is 5.91 Å². The van der Waals surface area contributed by atoms with Gasteiger partial charge in [-0.25, -0.2) is 4.79 Å². The van der Waals surface area contributed by atoms with E-state index in [9.17, 15) is 14.4 Å². The number of hydrogen-bond donors (Lipinski definition) is 4. The number of hydrogen-bond acceptors (Lipinski definition) is 5. The lowest BCUT2D eigenvalue weighted by molar-refractivity contribution is -0.146. The lowest BCUT2D eigenvalue weighted by Crippen LogP contribution is -2.36. The van der Waals surface area contributed by atoms with Crippen molar-refractivity contribution in [1.29, 1.82) is 0 Å². The largest absolute Gasteiger partial charge is 0.479 e. The predicted octanol–water partition coefficient (Wildman–Crippen LogP) is 0.272. The maximum absolute atomic E-state index is 11.7. The molecule has 1 aliphatic carbocycles. The van der Waals surface area contributed by atoms with Crippen LogP contribution in [-0.2, 0) is 9.59 Å². The van der Waals surface area contributed by atoms with E-state index in [4.69, 9.17) is 10.2 Å². The monoisotopic (exact) mass is 298 g/mol. The highest BCUT2D eigenvalue weighted by molar-refractivity contribution is 7.18. The van der Waals surface area contributed by atoms with Crippen molar-refractivity contribution in [3.8, 4) is 0 Å². The van der Waals surface area contributed by atoms with E-state index in [1.54, 1.807) is 6.07 Å². The first-order valence-electron chi connectivity index (χ1n) is 6.07. The number of nitrogens with one attached hydrogen (secondary N) is 2. The van der Waals surface area contributed by atoms with Crippen molar-refractivity contribution in [3.63, 3.8) is 0 Å². The molecule has 0 bridgehead atoms. The Bertz CT molecular complexity index is 538. The first kappa shape index (κ1) is 14.5. The Labute approximate surface area is 118 Å². The standard InChI is InChI=1S/C12H14N2O5S/c15-7(12(18)19)5-13-11(17)8-3-4-9(20-8)14-10(16)6-1-2-6/h3-4,6-7,15H,1-2,5H2,(H,13,17)(H,14,16)(H,18,19)/t7-/m0/s1. The van der Waals surface area contributed by atoms with Gasteiger partial charge in [0.25, 0.3) is 5.91 Å². The molecular weight excluding hydrogens is 284 g/mol. The number of anilines is 1. The number of carbonyl (C=O) groups excluding carboxylic acids is 2. The predicted molar refractivity (Wildman–Crippen MR) is 71.6 cm³/mol. The molecule has 108 valence electrons. The van der Waals surface area contributed by atoms with E-state index in [0.29, 0.717) is 9.88 Å². The Morgan fingerprint density at radius 3 is 2.65 bits per heavy atom. The highest BCUT2D eigenvalue weighted by Gasteiger charge is 2.29. The number of amides is 2. The van der Waals surface area contributed by atoms with Crippen LogP contribution < -0.4 is 10.6 Å². The minimum absolute atomic E-state index is 0.0416. The molecule has 4 N–H and O–H groups in total. The summed E-state index contributed by atoms with van der Waals surface area (Å²) in [7, 11) is 0. The van der Waals surface area contributed by atoms with Gasteiger partial charge in [0.15, 0.2) is 6.10 Å². The van der Waals surface area contributed by atoms with Crippen molar-refractivity contribution in [2.45, 2.75) is 18.9 Å². The summed E-state index contributed by atoms with van der Waals surface area (Å²) >= 11 is 1.10. The lowest BCUT2D eigenvalue weighted by Gasteiger charge is -2.06. The van der Waals surface area contributed by atoms with Crippen LogP contribution >= 0.6 is 11.3 Å². The smallest absolute Gasteiger partial charge is 0.334 e. The molecule has 1 saturated carbocycles. The fourth-order valence-electron chi connectivity index (χ4n) is 1.46.